The number of hydrogen-bond acceptors (Lipinski definition) is 2. The number of carbonyl (C=O) groups is 1. The molecule has 2 N–H and O–H groups in total. The molecule has 2 aliphatic rings. The van der Waals surface area contributed by atoms with Crippen molar-refractivity contribution in [2.75, 3.05) is 18.4 Å². The van der Waals surface area contributed by atoms with Gasteiger partial charge < -0.3 is 10.6 Å². The Kier molecular flexibility index (Phi) is 4.24. The molecule has 1 amide bonds. The van der Waals surface area contributed by atoms with Crippen molar-refractivity contribution in [3.05, 3.63) is 29.8 Å². The Labute approximate surface area is 121 Å². The van der Waals surface area contributed by atoms with Crippen molar-refractivity contribution >= 4 is 11.6 Å². The molecule has 1 saturated carbocycles. The normalized spacial score (nSPS) is 21.5. The van der Waals surface area contributed by atoms with Crippen molar-refractivity contribution in [3.63, 3.8) is 0 Å². The highest BCUT2D eigenvalue weighted by Gasteiger charge is 2.24. The minimum Gasteiger partial charge on any atom is -0.384 e. The van der Waals surface area contributed by atoms with Gasteiger partial charge in [-0.25, -0.2) is 0 Å². The van der Waals surface area contributed by atoms with Gasteiger partial charge in [-0.05, 0) is 24.0 Å². The number of amides is 1. The lowest BCUT2D eigenvalue weighted by molar-refractivity contribution is -0.121. The summed E-state index contributed by atoms with van der Waals surface area (Å²) in [6.45, 7) is 1.74. The Bertz CT molecular complexity index is 466. The van der Waals surface area contributed by atoms with Crippen LogP contribution >= 0.6 is 0 Å². The molecule has 1 aromatic rings. The van der Waals surface area contributed by atoms with Crippen LogP contribution in [0.2, 0.25) is 0 Å². The Morgan fingerprint density at radius 2 is 2.05 bits per heavy atom. The van der Waals surface area contributed by atoms with Crippen molar-refractivity contribution in [2.24, 2.45) is 5.92 Å². The maximum atomic E-state index is 12.0. The second-order valence-electron chi connectivity index (χ2n) is 6.16. The van der Waals surface area contributed by atoms with Gasteiger partial charge in [0.05, 0.1) is 0 Å². The lowest BCUT2D eigenvalue weighted by Crippen LogP contribution is -2.27. The summed E-state index contributed by atoms with van der Waals surface area (Å²) >= 11 is 0. The van der Waals surface area contributed by atoms with E-state index in [1.165, 1.54) is 36.9 Å². The van der Waals surface area contributed by atoms with E-state index in [9.17, 15) is 4.79 Å². The summed E-state index contributed by atoms with van der Waals surface area (Å²) in [6.07, 6.45) is 7.23. The monoisotopic (exact) mass is 272 g/mol. The number of para-hydroxylation sites is 1. The zero-order valence-electron chi connectivity index (χ0n) is 12.0. The predicted octanol–water partition coefficient (Wildman–Crippen LogP) is 3.28. The summed E-state index contributed by atoms with van der Waals surface area (Å²) in [6, 6.07) is 8.31. The summed E-state index contributed by atoms with van der Waals surface area (Å²) in [4.78, 5) is 12.0. The van der Waals surface area contributed by atoms with Crippen LogP contribution in [-0.2, 0) is 4.79 Å². The van der Waals surface area contributed by atoms with E-state index in [1.54, 1.807) is 0 Å². The van der Waals surface area contributed by atoms with Crippen LogP contribution in [0.15, 0.2) is 24.3 Å². The van der Waals surface area contributed by atoms with Crippen LogP contribution in [0.3, 0.4) is 0 Å². The highest BCUT2D eigenvalue weighted by molar-refractivity contribution is 5.78. The quantitative estimate of drug-likeness (QED) is 0.863. The molecule has 0 bridgehead atoms. The van der Waals surface area contributed by atoms with E-state index in [4.69, 9.17) is 0 Å². The average Bonchev–Trinajstić information content (AvgIpc) is 3.09. The zero-order chi connectivity index (χ0) is 13.8. The van der Waals surface area contributed by atoms with Crippen LogP contribution in [0.4, 0.5) is 5.69 Å². The third-order valence-corrected chi connectivity index (χ3v) is 4.72. The minimum atomic E-state index is 0.200. The van der Waals surface area contributed by atoms with E-state index in [0.29, 0.717) is 12.3 Å². The number of anilines is 1. The zero-order valence-corrected chi connectivity index (χ0v) is 12.0. The molecule has 1 heterocycles. The summed E-state index contributed by atoms with van der Waals surface area (Å²) in [7, 11) is 0. The number of nitrogens with one attached hydrogen (secondary N) is 2. The molecule has 108 valence electrons. The second-order valence-corrected chi connectivity index (χ2v) is 6.16. The molecule has 3 rings (SSSR count). The van der Waals surface area contributed by atoms with Crippen molar-refractivity contribution in [2.45, 2.75) is 44.4 Å². The molecular weight excluding hydrogens is 248 g/mol. The fourth-order valence-corrected chi connectivity index (χ4v) is 3.55. The summed E-state index contributed by atoms with van der Waals surface area (Å²) in [5.74, 6) is 1.38. The standard InChI is InChI=1S/C17H24N2O/c20-17(18-10-9-13-5-1-2-6-13)11-14-12-19-16-8-4-3-7-15(14)16/h3-4,7-8,13-14,19H,1-2,5-6,9-12H2,(H,18,20). The van der Waals surface area contributed by atoms with Gasteiger partial charge in [0.1, 0.15) is 0 Å². The molecule has 0 spiro atoms. The Morgan fingerprint density at radius 3 is 2.90 bits per heavy atom. The van der Waals surface area contributed by atoms with Crippen LogP contribution in [0.1, 0.15) is 50.0 Å². The van der Waals surface area contributed by atoms with E-state index in [-0.39, 0.29) is 5.91 Å². The molecule has 1 aliphatic heterocycles. The molecule has 0 radical (unpaired) electrons. The lowest BCUT2D eigenvalue weighted by Gasteiger charge is -2.12. The number of rotatable bonds is 5. The average molecular weight is 272 g/mol. The first-order chi connectivity index (χ1) is 9.83. The van der Waals surface area contributed by atoms with Crippen molar-refractivity contribution in [1.82, 2.24) is 5.32 Å². The molecule has 0 saturated heterocycles. The highest BCUT2D eigenvalue weighted by Crippen LogP contribution is 2.33. The number of fused-ring (bicyclic) bond motifs is 1. The van der Waals surface area contributed by atoms with Crippen molar-refractivity contribution in [1.29, 1.82) is 0 Å². The first-order valence-corrected chi connectivity index (χ1v) is 7.92. The van der Waals surface area contributed by atoms with Gasteiger partial charge >= 0.3 is 0 Å². The van der Waals surface area contributed by atoms with E-state index < -0.39 is 0 Å². The fraction of sp³-hybridized carbons (Fsp3) is 0.588. The van der Waals surface area contributed by atoms with Gasteiger partial charge in [-0.2, -0.15) is 0 Å². The molecule has 1 unspecified atom stereocenters. The van der Waals surface area contributed by atoms with Gasteiger partial charge in [-0.15, -0.1) is 0 Å². The fourth-order valence-electron chi connectivity index (χ4n) is 3.55. The number of benzene rings is 1. The predicted molar refractivity (Wildman–Crippen MR) is 81.9 cm³/mol. The van der Waals surface area contributed by atoms with Gasteiger partial charge in [0.2, 0.25) is 5.91 Å². The third-order valence-electron chi connectivity index (χ3n) is 4.72. The smallest absolute Gasteiger partial charge is 0.220 e. The maximum absolute atomic E-state index is 12.0. The summed E-state index contributed by atoms with van der Waals surface area (Å²) < 4.78 is 0. The van der Waals surface area contributed by atoms with Crippen molar-refractivity contribution < 1.29 is 4.79 Å². The number of hydrogen-bond donors (Lipinski definition) is 2. The van der Waals surface area contributed by atoms with Gasteiger partial charge in [-0.1, -0.05) is 43.9 Å². The van der Waals surface area contributed by atoms with Crippen LogP contribution in [0.25, 0.3) is 0 Å². The molecule has 1 atom stereocenters. The van der Waals surface area contributed by atoms with Crippen LogP contribution < -0.4 is 10.6 Å². The molecule has 20 heavy (non-hydrogen) atoms. The molecule has 3 nitrogen and oxygen atoms in total. The Balaban J connectivity index is 1.43. The van der Waals surface area contributed by atoms with Gasteiger partial charge in [0.15, 0.2) is 0 Å². The van der Waals surface area contributed by atoms with Crippen LogP contribution in [-0.4, -0.2) is 19.0 Å². The largest absolute Gasteiger partial charge is 0.384 e. The molecule has 1 aromatic carbocycles. The Morgan fingerprint density at radius 1 is 1.25 bits per heavy atom. The second kappa shape index (κ2) is 6.29. The number of carbonyl (C=O) groups excluding carboxylic acids is 1. The maximum Gasteiger partial charge on any atom is 0.220 e. The Hall–Kier alpha value is -1.51. The van der Waals surface area contributed by atoms with Gasteiger partial charge in [0.25, 0.3) is 0 Å². The summed E-state index contributed by atoms with van der Waals surface area (Å²) in [5.41, 5.74) is 2.48. The van der Waals surface area contributed by atoms with E-state index in [1.807, 2.05) is 6.07 Å². The molecule has 0 aromatic heterocycles. The van der Waals surface area contributed by atoms with E-state index in [2.05, 4.69) is 28.8 Å². The first kappa shape index (κ1) is 13.5. The van der Waals surface area contributed by atoms with E-state index in [0.717, 1.165) is 25.4 Å². The van der Waals surface area contributed by atoms with Gasteiger partial charge in [-0.3, -0.25) is 4.79 Å². The lowest BCUT2D eigenvalue weighted by atomic mass is 9.97. The van der Waals surface area contributed by atoms with Gasteiger partial charge in [0, 0.05) is 31.1 Å². The molecule has 1 fully saturated rings. The summed E-state index contributed by atoms with van der Waals surface area (Å²) in [5, 5.41) is 6.48. The highest BCUT2D eigenvalue weighted by atomic mass is 16.1. The topological polar surface area (TPSA) is 41.1 Å². The van der Waals surface area contributed by atoms with Crippen LogP contribution in [0, 0.1) is 5.92 Å². The van der Waals surface area contributed by atoms with E-state index >= 15 is 0 Å². The molecule has 3 heteroatoms. The molecular formula is C17H24N2O. The molecule has 1 aliphatic carbocycles. The third kappa shape index (κ3) is 3.14. The van der Waals surface area contributed by atoms with Crippen LogP contribution in [0.5, 0.6) is 0 Å². The first-order valence-electron chi connectivity index (χ1n) is 7.92. The van der Waals surface area contributed by atoms with Crippen molar-refractivity contribution in [3.8, 4) is 0 Å². The SMILES string of the molecule is O=C(CC1CNc2ccccc21)NCCC1CCCC1. The minimum absolute atomic E-state index is 0.200.